The Morgan fingerprint density at radius 3 is 2.67 bits per heavy atom. The van der Waals surface area contributed by atoms with Gasteiger partial charge < -0.3 is 15.0 Å². The Morgan fingerprint density at radius 2 is 2.08 bits per heavy atom. The lowest BCUT2D eigenvalue weighted by molar-refractivity contribution is -0.127. The number of nitrogens with zero attached hydrogens (tertiary/aromatic N) is 1. The molecule has 2 rings (SSSR count). The quantitative estimate of drug-likeness (QED) is 0.773. The summed E-state index contributed by atoms with van der Waals surface area (Å²) in [6, 6.07) is 7.09. The second-order valence-electron chi connectivity index (χ2n) is 5.62. The van der Waals surface area contributed by atoms with Gasteiger partial charge in [0, 0.05) is 11.6 Å². The van der Waals surface area contributed by atoms with Gasteiger partial charge in [-0.2, -0.15) is 11.3 Å². The molecule has 2 aromatic rings. The van der Waals surface area contributed by atoms with Crippen LogP contribution in [0.1, 0.15) is 18.5 Å². The number of hydrogen-bond acceptors (Lipinski definition) is 4. The number of carbonyl (C=O) groups excluding carboxylic acids is 1. The summed E-state index contributed by atoms with van der Waals surface area (Å²) >= 11 is 13.6. The molecule has 1 N–H and O–H groups in total. The zero-order valence-electron chi connectivity index (χ0n) is 13.8. The van der Waals surface area contributed by atoms with E-state index in [1.54, 1.807) is 36.5 Å². The number of amides is 1. The molecule has 0 saturated heterocycles. The van der Waals surface area contributed by atoms with Gasteiger partial charge in [-0.1, -0.05) is 23.2 Å². The molecule has 0 bridgehead atoms. The average molecular weight is 387 g/mol. The molecule has 1 amide bonds. The second kappa shape index (κ2) is 8.72. The van der Waals surface area contributed by atoms with E-state index < -0.39 is 6.10 Å². The first kappa shape index (κ1) is 19.1. The fourth-order valence-corrected chi connectivity index (χ4v) is 3.38. The number of carbonyl (C=O) groups is 1. The smallest absolute Gasteiger partial charge is 0.260 e. The van der Waals surface area contributed by atoms with Gasteiger partial charge in [0.15, 0.2) is 6.10 Å². The van der Waals surface area contributed by atoms with Gasteiger partial charge >= 0.3 is 0 Å². The maximum Gasteiger partial charge on any atom is 0.260 e. The van der Waals surface area contributed by atoms with Crippen LogP contribution in [0.4, 0.5) is 0 Å². The van der Waals surface area contributed by atoms with E-state index in [1.165, 1.54) is 5.56 Å². The van der Waals surface area contributed by atoms with Crippen molar-refractivity contribution in [3.8, 4) is 5.75 Å². The van der Waals surface area contributed by atoms with Gasteiger partial charge in [-0.3, -0.25) is 4.79 Å². The van der Waals surface area contributed by atoms with Crippen molar-refractivity contribution < 1.29 is 9.53 Å². The third-order valence-corrected chi connectivity index (χ3v) is 4.82. The van der Waals surface area contributed by atoms with E-state index in [0.717, 1.165) is 0 Å². The zero-order valence-corrected chi connectivity index (χ0v) is 16.1. The molecule has 4 nitrogen and oxygen atoms in total. The Kier molecular flexibility index (Phi) is 6.92. The van der Waals surface area contributed by atoms with Crippen LogP contribution in [0.2, 0.25) is 10.0 Å². The first-order valence-electron chi connectivity index (χ1n) is 7.46. The van der Waals surface area contributed by atoms with Crippen LogP contribution in [0.5, 0.6) is 5.75 Å². The summed E-state index contributed by atoms with van der Waals surface area (Å²) in [7, 11) is 3.98. The van der Waals surface area contributed by atoms with E-state index in [-0.39, 0.29) is 11.9 Å². The van der Waals surface area contributed by atoms with Crippen molar-refractivity contribution in [3.05, 3.63) is 50.6 Å². The first-order chi connectivity index (χ1) is 11.4. The Balaban J connectivity index is 1.93. The highest BCUT2D eigenvalue weighted by molar-refractivity contribution is 7.07. The molecule has 2 atom stereocenters. The largest absolute Gasteiger partial charge is 0.479 e. The van der Waals surface area contributed by atoms with Gasteiger partial charge in [-0.15, -0.1) is 0 Å². The fraction of sp³-hybridized carbons (Fsp3) is 0.353. The minimum absolute atomic E-state index is 0.117. The van der Waals surface area contributed by atoms with Crippen LogP contribution in [0.3, 0.4) is 0 Å². The lowest BCUT2D eigenvalue weighted by Gasteiger charge is -2.25. The summed E-state index contributed by atoms with van der Waals surface area (Å²) in [6.07, 6.45) is -0.658. The number of ether oxygens (including phenoxy) is 1. The van der Waals surface area contributed by atoms with Crippen molar-refractivity contribution in [2.24, 2.45) is 0 Å². The summed E-state index contributed by atoms with van der Waals surface area (Å²) < 4.78 is 5.63. The van der Waals surface area contributed by atoms with Crippen molar-refractivity contribution in [2.45, 2.75) is 19.1 Å². The zero-order chi connectivity index (χ0) is 17.7. The first-order valence-corrected chi connectivity index (χ1v) is 9.16. The lowest BCUT2D eigenvalue weighted by atomic mass is 10.1. The molecule has 0 unspecified atom stereocenters. The highest BCUT2D eigenvalue weighted by Gasteiger charge is 2.20. The molecular formula is C17H20Cl2N2O2S. The Bertz CT molecular complexity index is 677. The van der Waals surface area contributed by atoms with Gasteiger partial charge in [0.05, 0.1) is 11.1 Å². The third-order valence-electron chi connectivity index (χ3n) is 3.59. The normalized spacial score (nSPS) is 13.6. The van der Waals surface area contributed by atoms with Gasteiger partial charge in [-0.25, -0.2) is 0 Å². The molecule has 130 valence electrons. The van der Waals surface area contributed by atoms with Crippen molar-refractivity contribution in [1.82, 2.24) is 10.2 Å². The molecule has 0 spiro atoms. The van der Waals surface area contributed by atoms with Gasteiger partial charge in [0.25, 0.3) is 5.91 Å². The maximum absolute atomic E-state index is 12.3. The molecule has 0 aliphatic carbocycles. The molecule has 0 fully saturated rings. The van der Waals surface area contributed by atoms with Crippen LogP contribution in [0, 0.1) is 0 Å². The monoisotopic (exact) mass is 386 g/mol. The number of halogens is 2. The van der Waals surface area contributed by atoms with E-state index in [1.807, 2.05) is 19.5 Å². The molecular weight excluding hydrogens is 367 g/mol. The highest BCUT2D eigenvalue weighted by atomic mass is 35.5. The van der Waals surface area contributed by atoms with Crippen LogP contribution in [0.25, 0.3) is 0 Å². The number of rotatable bonds is 7. The van der Waals surface area contributed by atoms with Crippen LogP contribution >= 0.6 is 34.5 Å². The number of hydrogen-bond donors (Lipinski definition) is 1. The van der Waals surface area contributed by atoms with Gasteiger partial charge in [-0.05, 0) is 61.6 Å². The van der Waals surface area contributed by atoms with Crippen LogP contribution in [-0.2, 0) is 4.79 Å². The topological polar surface area (TPSA) is 41.6 Å². The molecule has 0 aliphatic heterocycles. The molecule has 0 aliphatic rings. The van der Waals surface area contributed by atoms with E-state index >= 15 is 0 Å². The highest BCUT2D eigenvalue weighted by Crippen LogP contribution is 2.28. The molecule has 0 saturated carbocycles. The fourth-order valence-electron chi connectivity index (χ4n) is 2.22. The van der Waals surface area contributed by atoms with Crippen molar-refractivity contribution in [2.75, 3.05) is 20.6 Å². The standard InChI is InChI=1S/C17H20Cl2N2O2S/c1-11(23-16-5-4-13(18)8-14(16)19)17(22)20-9-15(21(2)3)12-6-7-24-10-12/h4-8,10-11,15H,9H2,1-3H3,(H,20,22)/t11-,15+/m1/s1. The minimum Gasteiger partial charge on any atom is -0.479 e. The van der Waals surface area contributed by atoms with Gasteiger partial charge in [0.1, 0.15) is 5.75 Å². The van der Waals surface area contributed by atoms with E-state index in [4.69, 9.17) is 27.9 Å². The van der Waals surface area contributed by atoms with E-state index in [9.17, 15) is 4.79 Å². The van der Waals surface area contributed by atoms with Crippen LogP contribution in [0.15, 0.2) is 35.0 Å². The Morgan fingerprint density at radius 1 is 1.33 bits per heavy atom. The second-order valence-corrected chi connectivity index (χ2v) is 7.24. The summed E-state index contributed by atoms with van der Waals surface area (Å²) in [5, 5.41) is 7.95. The predicted octanol–water partition coefficient (Wildman–Crippen LogP) is 4.24. The molecule has 1 aromatic carbocycles. The summed E-state index contributed by atoms with van der Waals surface area (Å²) in [5.41, 5.74) is 1.18. The summed E-state index contributed by atoms with van der Waals surface area (Å²) in [4.78, 5) is 14.4. The maximum atomic E-state index is 12.3. The van der Waals surface area contributed by atoms with Crippen LogP contribution in [-0.4, -0.2) is 37.6 Å². The molecule has 0 radical (unpaired) electrons. The Labute approximate surface area is 156 Å². The van der Waals surface area contributed by atoms with Gasteiger partial charge in [0.2, 0.25) is 0 Å². The molecule has 7 heteroatoms. The SMILES string of the molecule is C[C@@H](Oc1ccc(Cl)cc1Cl)C(=O)NC[C@@H](c1ccsc1)N(C)C. The lowest BCUT2D eigenvalue weighted by Crippen LogP contribution is -2.40. The van der Waals surface area contributed by atoms with Crippen molar-refractivity contribution in [1.29, 1.82) is 0 Å². The summed E-state index contributed by atoms with van der Waals surface area (Å²) in [6.45, 7) is 2.19. The minimum atomic E-state index is -0.658. The van der Waals surface area contributed by atoms with E-state index in [0.29, 0.717) is 22.3 Å². The number of thiophene rings is 1. The Hall–Kier alpha value is -1.27. The van der Waals surface area contributed by atoms with Crippen LogP contribution < -0.4 is 10.1 Å². The molecule has 1 heterocycles. The van der Waals surface area contributed by atoms with E-state index in [2.05, 4.69) is 21.7 Å². The predicted molar refractivity (Wildman–Crippen MR) is 100 cm³/mol. The third kappa shape index (κ3) is 5.11. The number of likely N-dealkylation sites (N-methyl/N-ethyl adjacent to an activating group) is 1. The average Bonchev–Trinajstić information content (AvgIpc) is 3.03. The summed E-state index contributed by atoms with van der Waals surface area (Å²) in [5.74, 6) is 0.244. The van der Waals surface area contributed by atoms with Crippen molar-refractivity contribution in [3.63, 3.8) is 0 Å². The number of nitrogens with one attached hydrogen (secondary N) is 1. The van der Waals surface area contributed by atoms with Crippen molar-refractivity contribution >= 4 is 40.4 Å². The molecule has 24 heavy (non-hydrogen) atoms. The molecule has 1 aromatic heterocycles. The number of benzene rings is 1.